The molecule has 0 atom stereocenters. The van der Waals surface area contributed by atoms with Crippen molar-refractivity contribution in [2.75, 3.05) is 57.8 Å². The fraction of sp³-hybridized carbons (Fsp3) is 0.571. The largest absolute Gasteiger partial charge is 0.378 e. The third-order valence-corrected chi connectivity index (χ3v) is 10.2. The topological polar surface area (TPSA) is 99.3 Å². The summed E-state index contributed by atoms with van der Waals surface area (Å²) < 4.78 is 33.1. The summed E-state index contributed by atoms with van der Waals surface area (Å²) in [7, 11) is -3.63. The van der Waals surface area contributed by atoms with E-state index in [-0.39, 0.29) is 16.7 Å². The Morgan fingerprint density at radius 1 is 1.00 bits per heavy atom. The molecule has 1 aromatic carbocycles. The van der Waals surface area contributed by atoms with Crippen LogP contribution < -0.4 is 5.32 Å². The van der Waals surface area contributed by atoms with Crippen molar-refractivity contribution >= 4 is 38.2 Å². The SMILES string of the molecule is CCCN1CCc2c(sc(NC(=O)c3ccc(S(=O)(=O)N(CCC)CCC)cc3)c2C(=O)N2CCOCC2)C1. The maximum Gasteiger partial charge on any atom is 0.257 e. The van der Waals surface area contributed by atoms with E-state index in [4.69, 9.17) is 4.74 Å². The van der Waals surface area contributed by atoms with Crippen LogP contribution in [-0.2, 0) is 27.7 Å². The Morgan fingerprint density at radius 2 is 1.67 bits per heavy atom. The van der Waals surface area contributed by atoms with E-state index in [2.05, 4.69) is 17.1 Å². The monoisotopic (exact) mass is 576 g/mol. The number of morpholine rings is 1. The number of carbonyl (C=O) groups excluding carboxylic acids is 2. The highest BCUT2D eigenvalue weighted by atomic mass is 32.2. The van der Waals surface area contributed by atoms with Gasteiger partial charge in [0.2, 0.25) is 10.0 Å². The first-order chi connectivity index (χ1) is 18.8. The fourth-order valence-corrected chi connectivity index (χ4v) is 8.06. The number of fused-ring (bicyclic) bond motifs is 1. The van der Waals surface area contributed by atoms with Gasteiger partial charge in [0.25, 0.3) is 11.8 Å². The zero-order chi connectivity index (χ0) is 28.0. The molecule has 0 radical (unpaired) electrons. The highest BCUT2D eigenvalue weighted by molar-refractivity contribution is 7.89. The first kappa shape index (κ1) is 29.7. The molecule has 11 heteroatoms. The normalized spacial score (nSPS) is 16.4. The van der Waals surface area contributed by atoms with E-state index in [9.17, 15) is 18.0 Å². The maximum atomic E-state index is 13.6. The minimum atomic E-state index is -3.63. The second-order valence-corrected chi connectivity index (χ2v) is 13.1. The highest BCUT2D eigenvalue weighted by Crippen LogP contribution is 2.38. The van der Waals surface area contributed by atoms with E-state index in [0.29, 0.717) is 55.5 Å². The molecule has 0 unspecified atom stereocenters. The van der Waals surface area contributed by atoms with Crippen molar-refractivity contribution in [1.82, 2.24) is 14.1 Å². The van der Waals surface area contributed by atoms with E-state index in [1.165, 1.54) is 39.9 Å². The summed E-state index contributed by atoms with van der Waals surface area (Å²) in [6.07, 6.45) is 3.29. The first-order valence-electron chi connectivity index (χ1n) is 14.0. The Labute approximate surface area is 236 Å². The number of anilines is 1. The molecule has 2 aliphatic rings. The number of sulfonamides is 1. The third-order valence-electron chi connectivity index (χ3n) is 7.12. The molecule has 214 valence electrons. The lowest BCUT2D eigenvalue weighted by Crippen LogP contribution is -2.41. The summed E-state index contributed by atoms with van der Waals surface area (Å²) in [6, 6.07) is 6.06. The number of thiophene rings is 1. The van der Waals surface area contributed by atoms with Crippen LogP contribution in [0.25, 0.3) is 0 Å². The Morgan fingerprint density at radius 3 is 2.28 bits per heavy atom. The van der Waals surface area contributed by atoms with Gasteiger partial charge in [-0.1, -0.05) is 20.8 Å². The lowest BCUT2D eigenvalue weighted by molar-refractivity contribution is 0.0302. The second kappa shape index (κ2) is 13.4. The van der Waals surface area contributed by atoms with Gasteiger partial charge in [-0.2, -0.15) is 4.31 Å². The van der Waals surface area contributed by atoms with Crippen molar-refractivity contribution in [3.05, 3.63) is 45.8 Å². The van der Waals surface area contributed by atoms with Gasteiger partial charge < -0.3 is 15.0 Å². The second-order valence-electron chi connectivity index (χ2n) is 10.0. The number of nitrogens with zero attached hydrogens (tertiary/aromatic N) is 3. The molecule has 1 saturated heterocycles. The predicted molar refractivity (Wildman–Crippen MR) is 154 cm³/mol. The highest BCUT2D eigenvalue weighted by Gasteiger charge is 2.32. The van der Waals surface area contributed by atoms with Gasteiger partial charge in [0.1, 0.15) is 5.00 Å². The van der Waals surface area contributed by atoms with Crippen LogP contribution in [0.4, 0.5) is 5.00 Å². The van der Waals surface area contributed by atoms with Crippen molar-refractivity contribution in [2.24, 2.45) is 0 Å². The number of amides is 2. The smallest absolute Gasteiger partial charge is 0.257 e. The fourth-order valence-electron chi connectivity index (χ4n) is 5.16. The zero-order valence-electron chi connectivity index (χ0n) is 23.2. The van der Waals surface area contributed by atoms with Crippen molar-refractivity contribution in [1.29, 1.82) is 0 Å². The number of benzene rings is 1. The van der Waals surface area contributed by atoms with Crippen LogP contribution in [0.3, 0.4) is 0 Å². The van der Waals surface area contributed by atoms with Crippen molar-refractivity contribution in [2.45, 2.75) is 57.9 Å². The van der Waals surface area contributed by atoms with Crippen molar-refractivity contribution in [3.63, 3.8) is 0 Å². The van der Waals surface area contributed by atoms with Gasteiger partial charge in [-0.25, -0.2) is 8.42 Å². The zero-order valence-corrected chi connectivity index (χ0v) is 24.8. The van der Waals surface area contributed by atoms with Gasteiger partial charge in [-0.05, 0) is 62.1 Å². The van der Waals surface area contributed by atoms with Crippen LogP contribution >= 0.6 is 11.3 Å². The molecule has 0 spiro atoms. The van der Waals surface area contributed by atoms with Gasteiger partial charge in [0.05, 0.1) is 23.7 Å². The van der Waals surface area contributed by atoms with Crippen LogP contribution in [0.15, 0.2) is 29.2 Å². The Bertz CT molecular complexity index is 1250. The Kier molecular flexibility index (Phi) is 10.2. The summed E-state index contributed by atoms with van der Waals surface area (Å²) in [6.45, 7) is 11.7. The van der Waals surface area contributed by atoms with E-state index in [0.717, 1.165) is 55.8 Å². The molecule has 1 N–H and O–H groups in total. The number of rotatable bonds is 11. The summed E-state index contributed by atoms with van der Waals surface area (Å²) >= 11 is 1.47. The number of carbonyl (C=O) groups is 2. The first-order valence-corrected chi connectivity index (χ1v) is 16.2. The molecule has 39 heavy (non-hydrogen) atoms. The van der Waals surface area contributed by atoms with E-state index in [1.807, 2.05) is 13.8 Å². The molecule has 1 fully saturated rings. The lowest BCUT2D eigenvalue weighted by Gasteiger charge is -2.29. The predicted octanol–water partition coefficient (Wildman–Crippen LogP) is 4.05. The van der Waals surface area contributed by atoms with Crippen LogP contribution in [0.1, 0.15) is 71.2 Å². The molecular weight excluding hydrogens is 536 g/mol. The number of nitrogens with one attached hydrogen (secondary N) is 1. The molecule has 9 nitrogen and oxygen atoms in total. The lowest BCUT2D eigenvalue weighted by atomic mass is 10.0. The summed E-state index contributed by atoms with van der Waals surface area (Å²) in [4.78, 5) is 32.4. The maximum absolute atomic E-state index is 13.6. The van der Waals surface area contributed by atoms with E-state index in [1.54, 1.807) is 4.90 Å². The Hall–Kier alpha value is -2.31. The molecule has 0 aliphatic carbocycles. The molecule has 2 aliphatic heterocycles. The molecule has 4 rings (SSSR count). The van der Waals surface area contributed by atoms with Gasteiger partial charge in [0.15, 0.2) is 0 Å². The molecular formula is C28H40N4O5S2. The average Bonchev–Trinajstić information content (AvgIpc) is 3.30. The minimum Gasteiger partial charge on any atom is -0.378 e. The summed E-state index contributed by atoms with van der Waals surface area (Å²) in [5.74, 6) is -0.429. The molecule has 1 aromatic heterocycles. The van der Waals surface area contributed by atoms with E-state index < -0.39 is 10.0 Å². The van der Waals surface area contributed by atoms with Crippen LogP contribution in [-0.4, -0.2) is 86.8 Å². The number of hydrogen-bond acceptors (Lipinski definition) is 7. The Balaban J connectivity index is 1.58. The molecule has 2 amide bonds. The summed E-state index contributed by atoms with van der Waals surface area (Å²) in [5, 5.41) is 3.56. The molecule has 2 aromatic rings. The minimum absolute atomic E-state index is 0.0663. The van der Waals surface area contributed by atoms with Crippen molar-refractivity contribution in [3.8, 4) is 0 Å². The quantitative estimate of drug-likeness (QED) is 0.433. The number of ether oxygens (including phenoxy) is 1. The molecule has 3 heterocycles. The molecule has 0 bridgehead atoms. The number of hydrogen-bond donors (Lipinski definition) is 1. The van der Waals surface area contributed by atoms with Crippen molar-refractivity contribution < 1.29 is 22.7 Å². The summed E-state index contributed by atoms with van der Waals surface area (Å²) in [5.41, 5.74) is 1.97. The van der Waals surface area contributed by atoms with Crippen LogP contribution in [0.2, 0.25) is 0 Å². The van der Waals surface area contributed by atoms with Gasteiger partial charge >= 0.3 is 0 Å². The van der Waals surface area contributed by atoms with Gasteiger partial charge in [-0.3, -0.25) is 14.5 Å². The van der Waals surface area contributed by atoms with Crippen LogP contribution in [0, 0.1) is 0 Å². The standard InChI is InChI=1S/C28H40N4O5S2/c1-4-12-30-15-11-23-24(20-30)38-27(25(23)28(34)31-16-18-37-19-17-31)29-26(33)21-7-9-22(10-8-21)39(35,36)32(13-5-2)14-6-3/h7-10H,4-6,11-20H2,1-3H3,(H,29,33). The van der Waals surface area contributed by atoms with Gasteiger partial charge in [-0.15, -0.1) is 11.3 Å². The van der Waals surface area contributed by atoms with Crippen LogP contribution in [0.5, 0.6) is 0 Å². The average molecular weight is 577 g/mol. The van der Waals surface area contributed by atoms with Gasteiger partial charge in [0, 0.05) is 49.7 Å². The molecule has 0 saturated carbocycles. The van der Waals surface area contributed by atoms with E-state index >= 15 is 0 Å². The third kappa shape index (κ3) is 6.71.